The molecule has 1 N–H and O–H groups in total. The number of allylic oxidation sites excluding steroid dienone is 4. The van der Waals surface area contributed by atoms with Gasteiger partial charge in [0.05, 0.1) is 6.61 Å². The molecule has 0 heterocycles. The molecule has 1 rings (SSSR count). The lowest BCUT2D eigenvalue weighted by Crippen LogP contribution is -2.03. The van der Waals surface area contributed by atoms with Gasteiger partial charge in [-0.15, -0.1) is 0 Å². The van der Waals surface area contributed by atoms with Crippen molar-refractivity contribution in [1.29, 1.82) is 0 Å². The van der Waals surface area contributed by atoms with Crippen molar-refractivity contribution in [2.75, 3.05) is 6.61 Å². The van der Waals surface area contributed by atoms with Gasteiger partial charge in [-0.05, 0) is 25.0 Å². The maximum Gasteiger partial charge on any atom is 0.303 e. The Morgan fingerprint density at radius 3 is 3.00 bits per heavy atom. The van der Waals surface area contributed by atoms with E-state index in [4.69, 9.17) is 22.1 Å². The van der Waals surface area contributed by atoms with Gasteiger partial charge in [0.2, 0.25) is 0 Å². The van der Waals surface area contributed by atoms with E-state index in [1.807, 2.05) is 18.2 Å². The number of hydrogen-bond acceptors (Lipinski definition) is 3. The van der Waals surface area contributed by atoms with Gasteiger partial charge in [-0.3, -0.25) is 4.79 Å². The zero-order valence-electron chi connectivity index (χ0n) is 8.44. The maximum absolute atomic E-state index is 10.2. The predicted octanol–water partition coefficient (Wildman–Crippen LogP) is 2.47. The van der Waals surface area contributed by atoms with Crippen LogP contribution in [0.2, 0.25) is 0 Å². The molecule has 0 saturated heterocycles. The molecule has 0 amide bonds. The summed E-state index contributed by atoms with van der Waals surface area (Å²) >= 11 is 5.03. The molecule has 0 aliphatic heterocycles. The summed E-state index contributed by atoms with van der Waals surface area (Å²) in [6.45, 7) is 0.565. The fourth-order valence-electron chi connectivity index (χ4n) is 1.23. The van der Waals surface area contributed by atoms with E-state index in [2.05, 4.69) is 0 Å². The molecule has 3 nitrogen and oxygen atoms in total. The number of ether oxygens (including phenoxy) is 1. The van der Waals surface area contributed by atoms with Crippen molar-refractivity contribution in [1.82, 2.24) is 0 Å². The molecule has 0 saturated carbocycles. The minimum atomic E-state index is -0.754. The standard InChI is InChI=1S/C11H14O3S/c12-11(13)6-1-2-7-14-9-4-3-5-10(15)8-9/h3-5H,1-2,6-8H2,(H,12,13). The third-order valence-corrected chi connectivity index (χ3v) is 2.27. The van der Waals surface area contributed by atoms with Crippen LogP contribution in [0.3, 0.4) is 0 Å². The van der Waals surface area contributed by atoms with Crippen LogP contribution in [0.1, 0.15) is 25.7 Å². The third-order valence-electron chi connectivity index (χ3n) is 1.99. The summed E-state index contributed by atoms with van der Waals surface area (Å²) in [6.07, 6.45) is 7.96. The summed E-state index contributed by atoms with van der Waals surface area (Å²) in [5, 5.41) is 8.42. The van der Waals surface area contributed by atoms with E-state index in [1.165, 1.54) is 0 Å². The second-order valence-corrected chi connectivity index (χ2v) is 3.86. The maximum atomic E-state index is 10.2. The van der Waals surface area contributed by atoms with Crippen LogP contribution in [-0.2, 0) is 9.53 Å². The number of carboxylic acids is 1. The molecule has 0 unspecified atom stereocenters. The van der Waals surface area contributed by atoms with Crippen LogP contribution < -0.4 is 0 Å². The van der Waals surface area contributed by atoms with Gasteiger partial charge < -0.3 is 9.84 Å². The summed E-state index contributed by atoms with van der Waals surface area (Å²) in [6, 6.07) is 0. The Kier molecular flexibility index (Phi) is 5.04. The molecule has 1 aliphatic carbocycles. The largest absolute Gasteiger partial charge is 0.498 e. The molecular weight excluding hydrogens is 212 g/mol. The molecule has 0 aromatic rings. The molecule has 0 aromatic heterocycles. The van der Waals surface area contributed by atoms with Crippen molar-refractivity contribution in [2.24, 2.45) is 0 Å². The van der Waals surface area contributed by atoms with Crippen molar-refractivity contribution in [3.8, 4) is 0 Å². The number of carbonyl (C=O) groups is 1. The van der Waals surface area contributed by atoms with E-state index in [0.717, 1.165) is 17.0 Å². The Morgan fingerprint density at radius 1 is 1.53 bits per heavy atom. The first-order valence-electron chi connectivity index (χ1n) is 4.93. The number of carboxylic acid groups (broad SMARTS) is 1. The second-order valence-electron chi connectivity index (χ2n) is 3.33. The lowest BCUT2D eigenvalue weighted by molar-refractivity contribution is -0.137. The SMILES string of the molecule is O=C(O)CCCCOC1=CC=CC(=S)C1. The summed E-state index contributed by atoms with van der Waals surface area (Å²) in [4.78, 5) is 11.1. The highest BCUT2D eigenvalue weighted by molar-refractivity contribution is 7.80. The first kappa shape index (κ1) is 11.9. The van der Waals surface area contributed by atoms with Gasteiger partial charge in [0.1, 0.15) is 5.76 Å². The van der Waals surface area contributed by atoms with Gasteiger partial charge in [0.15, 0.2) is 0 Å². The summed E-state index contributed by atoms with van der Waals surface area (Å²) in [7, 11) is 0. The van der Waals surface area contributed by atoms with Crippen molar-refractivity contribution < 1.29 is 14.6 Å². The second kappa shape index (κ2) is 6.35. The molecule has 0 radical (unpaired) electrons. The Hall–Kier alpha value is -1.16. The number of hydrogen-bond donors (Lipinski definition) is 1. The molecular formula is C11H14O3S. The van der Waals surface area contributed by atoms with Gasteiger partial charge in [-0.1, -0.05) is 18.3 Å². The highest BCUT2D eigenvalue weighted by Crippen LogP contribution is 2.12. The molecule has 4 heteroatoms. The van der Waals surface area contributed by atoms with Crippen molar-refractivity contribution in [2.45, 2.75) is 25.7 Å². The zero-order chi connectivity index (χ0) is 11.1. The number of thiocarbonyl (C=S) groups is 1. The molecule has 1 aliphatic rings. The average Bonchev–Trinajstić information content (AvgIpc) is 2.17. The summed E-state index contributed by atoms with van der Waals surface area (Å²) < 4.78 is 5.46. The number of unbranched alkanes of at least 4 members (excludes halogenated alkanes) is 1. The smallest absolute Gasteiger partial charge is 0.303 e. The zero-order valence-corrected chi connectivity index (χ0v) is 9.26. The van der Waals surface area contributed by atoms with Crippen LogP contribution in [0, 0.1) is 0 Å². The van der Waals surface area contributed by atoms with E-state index < -0.39 is 5.97 Å². The highest BCUT2D eigenvalue weighted by atomic mass is 32.1. The lowest BCUT2D eigenvalue weighted by atomic mass is 10.1. The quantitative estimate of drug-likeness (QED) is 0.558. The molecule has 0 bridgehead atoms. The van der Waals surface area contributed by atoms with Crippen molar-refractivity contribution in [3.63, 3.8) is 0 Å². The molecule has 0 aromatic carbocycles. The van der Waals surface area contributed by atoms with Gasteiger partial charge in [-0.2, -0.15) is 0 Å². The Bertz CT molecular complexity index is 305. The van der Waals surface area contributed by atoms with Crippen molar-refractivity contribution in [3.05, 3.63) is 24.0 Å². The fourth-order valence-corrected chi connectivity index (χ4v) is 1.45. The highest BCUT2D eigenvalue weighted by Gasteiger charge is 2.04. The summed E-state index contributed by atoms with van der Waals surface area (Å²) in [5.74, 6) is 0.119. The normalized spacial score (nSPS) is 14.9. The fraction of sp³-hybridized carbons (Fsp3) is 0.455. The van der Waals surface area contributed by atoms with E-state index in [-0.39, 0.29) is 6.42 Å². The number of rotatable bonds is 6. The summed E-state index contributed by atoms with van der Waals surface area (Å²) in [5.41, 5.74) is 0. The molecule has 0 fully saturated rings. The molecule has 0 spiro atoms. The van der Waals surface area contributed by atoms with Crippen LogP contribution in [-0.4, -0.2) is 22.5 Å². The lowest BCUT2D eigenvalue weighted by Gasteiger charge is -2.11. The molecule has 82 valence electrons. The van der Waals surface area contributed by atoms with Gasteiger partial charge in [-0.25, -0.2) is 0 Å². The molecule has 15 heavy (non-hydrogen) atoms. The van der Waals surface area contributed by atoms with E-state index in [9.17, 15) is 4.79 Å². The Balaban J connectivity index is 2.10. The Labute approximate surface area is 94.4 Å². The predicted molar refractivity (Wildman–Crippen MR) is 61.9 cm³/mol. The van der Waals surface area contributed by atoms with Crippen LogP contribution >= 0.6 is 12.2 Å². The van der Waals surface area contributed by atoms with Crippen LogP contribution in [0.15, 0.2) is 24.0 Å². The van der Waals surface area contributed by atoms with Crippen LogP contribution in [0.25, 0.3) is 0 Å². The molecule has 0 atom stereocenters. The Morgan fingerprint density at radius 2 is 2.33 bits per heavy atom. The average molecular weight is 226 g/mol. The van der Waals surface area contributed by atoms with Crippen molar-refractivity contribution >= 4 is 23.1 Å². The topological polar surface area (TPSA) is 46.5 Å². The minimum Gasteiger partial charge on any atom is -0.498 e. The van der Waals surface area contributed by atoms with Gasteiger partial charge in [0, 0.05) is 17.7 Å². The van der Waals surface area contributed by atoms with Crippen LogP contribution in [0.5, 0.6) is 0 Å². The first-order chi connectivity index (χ1) is 7.18. The van der Waals surface area contributed by atoms with Gasteiger partial charge >= 0.3 is 5.97 Å². The van der Waals surface area contributed by atoms with Gasteiger partial charge in [0.25, 0.3) is 0 Å². The van der Waals surface area contributed by atoms with E-state index in [1.54, 1.807) is 0 Å². The first-order valence-corrected chi connectivity index (χ1v) is 5.34. The third kappa shape index (κ3) is 5.32. The number of aliphatic carboxylic acids is 1. The van der Waals surface area contributed by atoms with Crippen LogP contribution in [0.4, 0.5) is 0 Å². The van der Waals surface area contributed by atoms with E-state index >= 15 is 0 Å². The monoisotopic (exact) mass is 226 g/mol. The minimum absolute atomic E-state index is 0.209. The van der Waals surface area contributed by atoms with E-state index in [0.29, 0.717) is 19.4 Å².